The lowest BCUT2D eigenvalue weighted by atomic mass is 9.97. The molecule has 6 nitrogen and oxygen atoms in total. The Morgan fingerprint density at radius 2 is 2.00 bits per heavy atom. The van der Waals surface area contributed by atoms with Crippen molar-refractivity contribution in [3.63, 3.8) is 0 Å². The van der Waals surface area contributed by atoms with Crippen molar-refractivity contribution in [2.45, 2.75) is 30.3 Å². The Hall–Kier alpha value is -2.16. The fraction of sp³-hybridized carbons (Fsp3) is 0.471. The third-order valence-corrected chi connectivity index (χ3v) is 5.19. The number of carbonyl (C=O) groups excluding carboxylic acids is 2. The molecule has 26 heavy (non-hydrogen) atoms. The van der Waals surface area contributed by atoms with Crippen LogP contribution in [0, 0.1) is 5.92 Å². The van der Waals surface area contributed by atoms with E-state index in [9.17, 15) is 18.4 Å². The predicted octanol–water partition coefficient (Wildman–Crippen LogP) is 2.76. The number of hydrogen-bond acceptors (Lipinski definition) is 5. The number of rotatable bonds is 5. The molecular formula is C17H19F2N3O3S. The van der Waals surface area contributed by atoms with Crippen LogP contribution in [-0.4, -0.2) is 52.3 Å². The molecule has 0 bridgehead atoms. The highest BCUT2D eigenvalue weighted by Crippen LogP contribution is 2.29. The molecule has 1 amide bonds. The summed E-state index contributed by atoms with van der Waals surface area (Å²) in [7, 11) is 1.35. The van der Waals surface area contributed by atoms with Gasteiger partial charge < -0.3 is 14.2 Å². The average molecular weight is 383 g/mol. The van der Waals surface area contributed by atoms with Gasteiger partial charge in [0.25, 0.3) is 5.76 Å². The van der Waals surface area contributed by atoms with Crippen LogP contribution in [0.5, 0.6) is 0 Å². The van der Waals surface area contributed by atoms with E-state index in [2.05, 4.69) is 4.98 Å². The summed E-state index contributed by atoms with van der Waals surface area (Å²) in [5.74, 6) is -3.24. The number of methoxy groups -OCH3 is 1. The van der Waals surface area contributed by atoms with Crippen molar-refractivity contribution in [3.8, 4) is 0 Å². The molecule has 0 radical (unpaired) electrons. The first-order chi connectivity index (χ1) is 12.5. The van der Waals surface area contributed by atoms with Crippen LogP contribution in [0.15, 0.2) is 29.4 Å². The minimum absolute atomic E-state index is 0.0571. The van der Waals surface area contributed by atoms with Crippen LogP contribution in [-0.2, 0) is 20.9 Å². The second-order valence-corrected chi connectivity index (χ2v) is 6.98. The lowest BCUT2D eigenvalue weighted by Gasteiger charge is -2.31. The van der Waals surface area contributed by atoms with Crippen molar-refractivity contribution >= 4 is 34.7 Å². The number of thioether (sulfide) groups is 1. The van der Waals surface area contributed by atoms with Gasteiger partial charge in [-0.15, -0.1) is 0 Å². The highest BCUT2D eigenvalue weighted by molar-refractivity contribution is 7.99. The van der Waals surface area contributed by atoms with E-state index in [0.29, 0.717) is 48.7 Å². The van der Waals surface area contributed by atoms with Gasteiger partial charge >= 0.3 is 5.97 Å². The number of likely N-dealkylation sites (tertiary alicyclic amines) is 1. The van der Waals surface area contributed by atoms with Crippen LogP contribution >= 0.6 is 11.8 Å². The quantitative estimate of drug-likeness (QED) is 0.587. The number of fused-ring (bicyclic) bond motifs is 1. The molecule has 1 aliphatic rings. The Balaban J connectivity index is 1.74. The Morgan fingerprint density at radius 1 is 1.31 bits per heavy atom. The first-order valence-electron chi connectivity index (χ1n) is 8.25. The van der Waals surface area contributed by atoms with Gasteiger partial charge in [0.05, 0.1) is 24.1 Å². The molecule has 1 aromatic heterocycles. The fourth-order valence-electron chi connectivity index (χ4n) is 3.14. The van der Waals surface area contributed by atoms with E-state index in [1.165, 1.54) is 11.7 Å². The molecule has 0 aliphatic carbocycles. The summed E-state index contributed by atoms with van der Waals surface area (Å²) in [6.45, 7) is 0.837. The predicted molar refractivity (Wildman–Crippen MR) is 92.9 cm³/mol. The zero-order chi connectivity index (χ0) is 18.7. The summed E-state index contributed by atoms with van der Waals surface area (Å²) in [5, 5.41) is 0.124. The van der Waals surface area contributed by atoms with Crippen molar-refractivity contribution in [3.05, 3.63) is 24.3 Å². The normalized spacial score (nSPS) is 15.6. The maximum atomic E-state index is 12.8. The van der Waals surface area contributed by atoms with Crippen molar-refractivity contribution < 1.29 is 23.1 Å². The van der Waals surface area contributed by atoms with Gasteiger partial charge in [-0.25, -0.2) is 4.98 Å². The number of carbonyl (C=O) groups is 2. The molecule has 1 saturated heterocycles. The van der Waals surface area contributed by atoms with Gasteiger partial charge in [0.1, 0.15) is 6.54 Å². The molecule has 0 saturated carbocycles. The van der Waals surface area contributed by atoms with Gasteiger partial charge in [-0.05, 0) is 36.7 Å². The van der Waals surface area contributed by atoms with Crippen LogP contribution < -0.4 is 0 Å². The number of halogens is 2. The van der Waals surface area contributed by atoms with Crippen molar-refractivity contribution in [1.29, 1.82) is 0 Å². The molecule has 0 N–H and O–H groups in total. The third-order valence-electron chi connectivity index (χ3n) is 4.49. The summed E-state index contributed by atoms with van der Waals surface area (Å²) in [6, 6.07) is 7.04. The largest absolute Gasteiger partial charge is 0.469 e. The molecule has 2 heterocycles. The maximum absolute atomic E-state index is 12.8. The smallest absolute Gasteiger partial charge is 0.308 e. The van der Waals surface area contributed by atoms with E-state index in [4.69, 9.17) is 4.74 Å². The SMILES string of the molecule is COC(=O)C1CCN(C(=O)Cn2c(SC(F)F)nc3ccccc32)CC1. The van der Waals surface area contributed by atoms with Crippen LogP contribution in [0.2, 0.25) is 0 Å². The van der Waals surface area contributed by atoms with Gasteiger partial charge in [0, 0.05) is 13.1 Å². The molecule has 1 aromatic carbocycles. The van der Waals surface area contributed by atoms with Gasteiger partial charge in [-0.1, -0.05) is 12.1 Å². The lowest BCUT2D eigenvalue weighted by Crippen LogP contribution is -2.42. The van der Waals surface area contributed by atoms with E-state index >= 15 is 0 Å². The van der Waals surface area contributed by atoms with Gasteiger partial charge in [0.15, 0.2) is 5.16 Å². The number of benzene rings is 1. The van der Waals surface area contributed by atoms with E-state index in [1.807, 2.05) is 0 Å². The standard InChI is InChI=1S/C17H19F2N3O3S/c1-25-15(24)11-6-8-21(9-7-11)14(23)10-22-13-5-3-2-4-12(13)20-17(22)26-16(18)19/h2-5,11,16H,6-10H2,1H3. The van der Waals surface area contributed by atoms with Crippen LogP contribution in [0.3, 0.4) is 0 Å². The number of amides is 1. The summed E-state index contributed by atoms with van der Waals surface area (Å²) in [4.78, 5) is 30.1. The second kappa shape index (κ2) is 8.03. The molecule has 0 atom stereocenters. The average Bonchev–Trinajstić information content (AvgIpc) is 2.97. The number of hydrogen-bond donors (Lipinski definition) is 0. The lowest BCUT2D eigenvalue weighted by molar-refractivity contribution is -0.149. The summed E-state index contributed by atoms with van der Waals surface area (Å²) in [5.41, 5.74) is 1.22. The first-order valence-corrected chi connectivity index (χ1v) is 9.13. The Morgan fingerprint density at radius 3 is 2.65 bits per heavy atom. The molecule has 140 valence electrons. The number of ether oxygens (including phenoxy) is 1. The molecule has 1 aliphatic heterocycles. The molecule has 2 aromatic rings. The molecule has 0 spiro atoms. The number of nitrogens with zero attached hydrogens (tertiary/aromatic N) is 3. The number of esters is 1. The summed E-state index contributed by atoms with van der Waals surface area (Å²) < 4.78 is 32.0. The third kappa shape index (κ3) is 3.98. The van der Waals surface area contributed by atoms with Crippen molar-refractivity contribution in [2.24, 2.45) is 5.92 Å². The second-order valence-electron chi connectivity index (χ2n) is 6.03. The minimum atomic E-state index is -2.61. The Bertz CT molecular complexity index is 804. The zero-order valence-corrected chi connectivity index (χ0v) is 15.0. The molecular weight excluding hydrogens is 364 g/mol. The van der Waals surface area contributed by atoms with Crippen molar-refractivity contribution in [1.82, 2.24) is 14.5 Å². The first kappa shape index (κ1) is 18.6. The molecule has 3 rings (SSSR count). The number of imidazole rings is 1. The minimum Gasteiger partial charge on any atom is -0.469 e. The molecule has 1 fully saturated rings. The summed E-state index contributed by atoms with van der Waals surface area (Å²) >= 11 is 0.333. The monoisotopic (exact) mass is 383 g/mol. The molecule has 9 heteroatoms. The highest BCUT2D eigenvalue weighted by atomic mass is 32.2. The fourth-order valence-corrected chi connectivity index (χ4v) is 3.74. The number of para-hydroxylation sites is 2. The highest BCUT2D eigenvalue weighted by Gasteiger charge is 2.28. The van der Waals surface area contributed by atoms with Crippen molar-refractivity contribution in [2.75, 3.05) is 20.2 Å². The Kier molecular flexibility index (Phi) is 5.75. The summed E-state index contributed by atoms with van der Waals surface area (Å²) in [6.07, 6.45) is 1.09. The van der Waals surface area contributed by atoms with Crippen LogP contribution in [0.4, 0.5) is 8.78 Å². The van der Waals surface area contributed by atoms with E-state index in [-0.39, 0.29) is 29.5 Å². The van der Waals surface area contributed by atoms with Gasteiger partial charge in [-0.2, -0.15) is 8.78 Å². The van der Waals surface area contributed by atoms with E-state index in [1.54, 1.807) is 29.2 Å². The topological polar surface area (TPSA) is 64.4 Å². The number of piperidine rings is 1. The van der Waals surface area contributed by atoms with Crippen LogP contribution in [0.25, 0.3) is 11.0 Å². The number of alkyl halides is 2. The molecule has 0 unspecified atom stereocenters. The van der Waals surface area contributed by atoms with E-state index < -0.39 is 5.76 Å². The van der Waals surface area contributed by atoms with Crippen LogP contribution in [0.1, 0.15) is 12.8 Å². The van der Waals surface area contributed by atoms with E-state index in [0.717, 1.165) is 0 Å². The number of aromatic nitrogens is 2. The Labute approximate surface area is 153 Å². The maximum Gasteiger partial charge on any atom is 0.308 e. The van der Waals surface area contributed by atoms with Gasteiger partial charge in [0.2, 0.25) is 5.91 Å². The zero-order valence-electron chi connectivity index (χ0n) is 14.2. The van der Waals surface area contributed by atoms with Gasteiger partial charge in [-0.3, -0.25) is 9.59 Å².